The Bertz CT molecular complexity index is 1710. The maximum atomic E-state index is 3.90. The normalized spacial score (nSPS) is 35.9. The summed E-state index contributed by atoms with van der Waals surface area (Å²) >= 11 is 0. The minimum atomic E-state index is 0.267. The second-order valence-corrected chi connectivity index (χ2v) is 12.4. The average Bonchev–Trinajstić information content (AvgIpc) is 3.52. The van der Waals surface area contributed by atoms with Crippen LogP contribution in [0, 0.1) is 29.1 Å². The van der Waals surface area contributed by atoms with Crippen molar-refractivity contribution in [1.82, 2.24) is 4.98 Å². The largest absolute Gasteiger partial charge is 0.354 e. The Morgan fingerprint density at radius 2 is 1.44 bits per heavy atom. The fourth-order valence-electron chi connectivity index (χ4n) is 10.8. The van der Waals surface area contributed by atoms with Crippen LogP contribution in [0.15, 0.2) is 72.8 Å². The lowest BCUT2D eigenvalue weighted by atomic mass is 9.38. The lowest BCUT2D eigenvalue weighted by molar-refractivity contribution is -0.0819. The first-order chi connectivity index (χ1) is 16.8. The van der Waals surface area contributed by atoms with Gasteiger partial charge < -0.3 is 4.98 Å². The molecule has 4 aromatic carbocycles. The summed E-state index contributed by atoms with van der Waals surface area (Å²) in [5.74, 6) is 3.69. The number of hydrogen-bond acceptors (Lipinski definition) is 0. The van der Waals surface area contributed by atoms with Gasteiger partial charge in [0, 0.05) is 27.1 Å². The molecule has 4 fully saturated rings. The number of aromatic nitrogens is 1. The molecule has 4 atom stereocenters. The maximum Gasteiger partial charge on any atom is 0.0544 e. The van der Waals surface area contributed by atoms with E-state index in [1.165, 1.54) is 75.8 Å². The van der Waals surface area contributed by atoms with E-state index in [2.05, 4.69) is 77.8 Å². The van der Waals surface area contributed by atoms with E-state index in [-0.39, 0.29) is 5.41 Å². The van der Waals surface area contributed by atoms with Crippen molar-refractivity contribution in [1.29, 1.82) is 0 Å². The van der Waals surface area contributed by atoms with Gasteiger partial charge in [-0.3, -0.25) is 0 Å². The highest BCUT2D eigenvalue weighted by atomic mass is 14.8. The summed E-state index contributed by atoms with van der Waals surface area (Å²) in [6.45, 7) is 0. The Kier molecular flexibility index (Phi) is 2.70. The van der Waals surface area contributed by atoms with E-state index in [1.807, 2.05) is 0 Å². The highest BCUT2D eigenvalue weighted by molar-refractivity contribution is 6.18. The number of benzene rings is 4. The van der Waals surface area contributed by atoms with Crippen molar-refractivity contribution in [2.45, 2.75) is 37.5 Å². The molecule has 1 N–H and O–H groups in total. The Morgan fingerprint density at radius 1 is 0.647 bits per heavy atom. The van der Waals surface area contributed by atoms with Crippen molar-refractivity contribution in [3.8, 4) is 11.1 Å². The highest BCUT2D eigenvalue weighted by Crippen LogP contribution is 2.85. The molecule has 4 unspecified atom stereocenters. The highest BCUT2D eigenvalue weighted by Gasteiger charge is 2.79. The van der Waals surface area contributed by atoms with Crippen LogP contribution in [0.5, 0.6) is 0 Å². The van der Waals surface area contributed by atoms with Crippen molar-refractivity contribution in [2.24, 2.45) is 29.1 Å². The third-order valence-corrected chi connectivity index (χ3v) is 11.4. The molecule has 0 amide bonds. The molecule has 1 nitrogen and oxygen atoms in total. The standard InChI is InChI=1S/C33H27N/c1-2-6-21-20(5-1)9-10-23-25-14-24-22-7-3-4-8-26(22)33(27(24)15-28(25)34-31(21)23)29-12-18-11-19-13-30(33)32(29,16-18)17-19/h1-10,14-15,18-19,29-30,34H,11-13,16-17H2. The van der Waals surface area contributed by atoms with Crippen molar-refractivity contribution >= 4 is 32.6 Å². The van der Waals surface area contributed by atoms with Gasteiger partial charge in [0.25, 0.3) is 0 Å². The van der Waals surface area contributed by atoms with Crippen LogP contribution in [0.25, 0.3) is 43.7 Å². The first-order valence-electron chi connectivity index (χ1n) is 13.3. The first-order valence-corrected chi connectivity index (χ1v) is 13.3. The zero-order chi connectivity index (χ0) is 21.8. The fourth-order valence-corrected chi connectivity index (χ4v) is 10.8. The third-order valence-electron chi connectivity index (χ3n) is 11.4. The van der Waals surface area contributed by atoms with Gasteiger partial charge in [0.2, 0.25) is 0 Å². The smallest absolute Gasteiger partial charge is 0.0544 e. The van der Waals surface area contributed by atoms with E-state index in [0.29, 0.717) is 5.41 Å². The Labute approximate surface area is 199 Å². The van der Waals surface area contributed by atoms with Gasteiger partial charge in [-0.05, 0) is 101 Å². The summed E-state index contributed by atoms with van der Waals surface area (Å²) in [4.78, 5) is 3.90. The molecule has 1 heteroatoms. The number of nitrogens with one attached hydrogen (secondary N) is 1. The second-order valence-electron chi connectivity index (χ2n) is 12.4. The molecule has 1 heterocycles. The number of rotatable bonds is 0. The second kappa shape index (κ2) is 5.28. The zero-order valence-electron chi connectivity index (χ0n) is 19.3. The van der Waals surface area contributed by atoms with Crippen LogP contribution in [-0.2, 0) is 5.41 Å². The Balaban J connectivity index is 1.31. The van der Waals surface area contributed by atoms with Crippen LogP contribution in [0.4, 0.5) is 0 Å². The summed E-state index contributed by atoms with van der Waals surface area (Å²) in [7, 11) is 0. The van der Waals surface area contributed by atoms with Gasteiger partial charge in [0.05, 0.1) is 5.52 Å². The summed E-state index contributed by atoms with van der Waals surface area (Å²) in [6, 6.07) is 28.1. The molecule has 164 valence electrons. The molecule has 0 saturated heterocycles. The predicted molar refractivity (Wildman–Crippen MR) is 139 cm³/mol. The molecular weight excluding hydrogens is 410 g/mol. The van der Waals surface area contributed by atoms with Gasteiger partial charge in [0.1, 0.15) is 0 Å². The van der Waals surface area contributed by atoms with Gasteiger partial charge in [-0.1, -0.05) is 60.7 Å². The number of H-pyrrole nitrogens is 1. The van der Waals surface area contributed by atoms with Crippen LogP contribution in [-0.4, -0.2) is 4.98 Å². The van der Waals surface area contributed by atoms with Crippen molar-refractivity contribution < 1.29 is 0 Å². The minimum Gasteiger partial charge on any atom is -0.354 e. The van der Waals surface area contributed by atoms with Crippen LogP contribution in [0.3, 0.4) is 0 Å². The molecule has 4 saturated carbocycles. The lowest BCUT2D eigenvalue weighted by Gasteiger charge is -2.64. The van der Waals surface area contributed by atoms with Crippen LogP contribution in [0.2, 0.25) is 0 Å². The molecule has 5 aliphatic carbocycles. The average molecular weight is 438 g/mol. The van der Waals surface area contributed by atoms with Crippen LogP contribution >= 0.6 is 0 Å². The molecule has 3 bridgehead atoms. The van der Waals surface area contributed by atoms with Gasteiger partial charge in [-0.25, -0.2) is 0 Å². The van der Waals surface area contributed by atoms with E-state index in [9.17, 15) is 0 Å². The predicted octanol–water partition coefficient (Wildman–Crippen LogP) is 8.20. The molecule has 5 aromatic rings. The van der Waals surface area contributed by atoms with E-state index < -0.39 is 0 Å². The molecule has 10 rings (SSSR count). The topological polar surface area (TPSA) is 15.8 Å². The Hall–Kier alpha value is -3.06. The van der Waals surface area contributed by atoms with Crippen LogP contribution < -0.4 is 0 Å². The molecule has 34 heavy (non-hydrogen) atoms. The van der Waals surface area contributed by atoms with Crippen molar-refractivity contribution in [3.05, 3.63) is 83.9 Å². The summed E-state index contributed by atoms with van der Waals surface area (Å²) < 4.78 is 0. The monoisotopic (exact) mass is 437 g/mol. The summed E-state index contributed by atoms with van der Waals surface area (Å²) in [5, 5.41) is 5.40. The number of hydrogen-bond donors (Lipinski definition) is 1. The summed E-state index contributed by atoms with van der Waals surface area (Å²) in [6.07, 6.45) is 7.51. The number of aromatic amines is 1. The zero-order valence-corrected chi connectivity index (χ0v) is 19.3. The minimum absolute atomic E-state index is 0.267. The molecule has 0 aliphatic heterocycles. The van der Waals surface area contributed by atoms with Crippen LogP contribution in [0.1, 0.15) is 43.2 Å². The van der Waals surface area contributed by atoms with Crippen molar-refractivity contribution in [2.75, 3.05) is 0 Å². The fraction of sp³-hybridized carbons (Fsp3) is 0.333. The van der Waals surface area contributed by atoms with E-state index in [1.54, 1.807) is 11.1 Å². The molecule has 0 radical (unpaired) electrons. The lowest BCUT2D eigenvalue weighted by Crippen LogP contribution is -2.62. The first kappa shape index (κ1) is 17.4. The summed E-state index contributed by atoms with van der Waals surface area (Å²) in [5.41, 5.74) is 9.93. The Morgan fingerprint density at radius 3 is 2.32 bits per heavy atom. The van der Waals surface area contributed by atoms with Gasteiger partial charge in [-0.2, -0.15) is 0 Å². The van der Waals surface area contributed by atoms with Gasteiger partial charge >= 0.3 is 0 Å². The van der Waals surface area contributed by atoms with Gasteiger partial charge in [-0.15, -0.1) is 0 Å². The van der Waals surface area contributed by atoms with E-state index in [4.69, 9.17) is 0 Å². The quantitative estimate of drug-likeness (QED) is 0.251. The molecular formula is C33H27N. The van der Waals surface area contributed by atoms with E-state index >= 15 is 0 Å². The van der Waals surface area contributed by atoms with Gasteiger partial charge in [0.15, 0.2) is 0 Å². The SMILES string of the molecule is c1ccc2c(c1)-c1cc3c(cc1C21C2CC4CC5CC1C2(C4)C5)[nH]c1c2ccccc2ccc31. The van der Waals surface area contributed by atoms with Crippen molar-refractivity contribution in [3.63, 3.8) is 0 Å². The molecule has 5 aliphatic rings. The maximum absolute atomic E-state index is 3.90. The van der Waals surface area contributed by atoms with E-state index in [0.717, 1.165) is 23.7 Å². The molecule has 2 spiro atoms. The third kappa shape index (κ3) is 1.62. The number of fused-ring (bicyclic) bond motifs is 14. The molecule has 1 aromatic heterocycles.